The van der Waals surface area contributed by atoms with Gasteiger partial charge in [-0.05, 0) is 38.0 Å². The lowest BCUT2D eigenvalue weighted by Crippen LogP contribution is -2.35. The Morgan fingerprint density at radius 1 is 1.30 bits per heavy atom. The summed E-state index contributed by atoms with van der Waals surface area (Å²) in [6, 6.07) is 5.61. The molecule has 1 fully saturated rings. The summed E-state index contributed by atoms with van der Waals surface area (Å²) in [5, 5.41) is 13.9. The van der Waals surface area contributed by atoms with Gasteiger partial charge in [0, 0.05) is 17.0 Å². The fraction of sp³-hybridized carbons (Fsp3) is 0.625. The molecule has 0 radical (unpaired) electrons. The molecule has 0 atom stereocenters. The quantitative estimate of drug-likeness (QED) is 0.831. The topological polar surface area (TPSA) is 41.5 Å². The van der Waals surface area contributed by atoms with Crippen LogP contribution in [-0.2, 0) is 0 Å². The van der Waals surface area contributed by atoms with Gasteiger partial charge in [0.25, 0.3) is 0 Å². The van der Waals surface area contributed by atoms with Crippen LogP contribution in [-0.4, -0.2) is 24.9 Å². The number of rotatable bonds is 6. The van der Waals surface area contributed by atoms with Crippen molar-refractivity contribution in [1.29, 1.82) is 0 Å². The second kappa shape index (κ2) is 7.19. The van der Waals surface area contributed by atoms with Gasteiger partial charge in [0.2, 0.25) is 0 Å². The molecule has 1 aromatic carbocycles. The first-order chi connectivity index (χ1) is 9.69. The molecule has 0 aromatic heterocycles. The molecule has 1 saturated carbocycles. The summed E-state index contributed by atoms with van der Waals surface area (Å²) < 4.78 is 5.61. The molecular formula is C16H24ClNO2. The van der Waals surface area contributed by atoms with E-state index in [4.69, 9.17) is 16.3 Å². The molecule has 1 aromatic rings. The van der Waals surface area contributed by atoms with Crippen LogP contribution in [0.1, 0.15) is 39.0 Å². The van der Waals surface area contributed by atoms with Crippen LogP contribution in [0.3, 0.4) is 0 Å². The molecule has 0 amide bonds. The second-order valence-corrected chi connectivity index (χ2v) is 6.08. The number of ether oxygens (including phenoxy) is 1. The third-order valence-electron chi connectivity index (χ3n) is 4.14. The minimum absolute atomic E-state index is 0.00402. The maximum absolute atomic E-state index is 9.75. The van der Waals surface area contributed by atoms with Gasteiger partial charge < -0.3 is 15.2 Å². The van der Waals surface area contributed by atoms with Gasteiger partial charge in [0.15, 0.2) is 0 Å². The standard InChI is InChI=1S/C16H24ClNO2/c1-2-20-15-7-6-13(17)10-14(15)18-11-16(12-19)8-4-3-5-9-16/h6-7,10,18-19H,2-5,8-9,11-12H2,1H3. The first-order valence-corrected chi connectivity index (χ1v) is 7.84. The first kappa shape index (κ1) is 15.5. The van der Waals surface area contributed by atoms with Crippen LogP contribution >= 0.6 is 11.6 Å². The highest BCUT2D eigenvalue weighted by Crippen LogP contribution is 2.37. The molecule has 0 bridgehead atoms. The van der Waals surface area contributed by atoms with Crippen LogP contribution in [0.2, 0.25) is 5.02 Å². The number of aliphatic hydroxyl groups excluding tert-OH is 1. The highest BCUT2D eigenvalue weighted by Gasteiger charge is 2.31. The number of hydrogen-bond acceptors (Lipinski definition) is 3. The van der Waals surface area contributed by atoms with E-state index < -0.39 is 0 Å². The van der Waals surface area contributed by atoms with Crippen molar-refractivity contribution >= 4 is 17.3 Å². The lowest BCUT2D eigenvalue weighted by atomic mass is 9.74. The molecule has 3 nitrogen and oxygen atoms in total. The van der Waals surface area contributed by atoms with Gasteiger partial charge in [0.1, 0.15) is 5.75 Å². The summed E-state index contributed by atoms with van der Waals surface area (Å²) in [7, 11) is 0. The predicted octanol–water partition coefficient (Wildman–Crippen LogP) is 4.09. The van der Waals surface area contributed by atoms with Gasteiger partial charge in [-0.15, -0.1) is 0 Å². The summed E-state index contributed by atoms with van der Waals surface area (Å²) in [4.78, 5) is 0. The Labute approximate surface area is 126 Å². The van der Waals surface area contributed by atoms with E-state index in [9.17, 15) is 5.11 Å². The number of anilines is 1. The maximum Gasteiger partial charge on any atom is 0.142 e. The molecule has 20 heavy (non-hydrogen) atoms. The van der Waals surface area contributed by atoms with Crippen LogP contribution in [0.5, 0.6) is 5.75 Å². The Morgan fingerprint density at radius 3 is 2.70 bits per heavy atom. The summed E-state index contributed by atoms with van der Waals surface area (Å²) in [5.41, 5.74) is 0.919. The third-order valence-corrected chi connectivity index (χ3v) is 4.38. The fourth-order valence-corrected chi connectivity index (χ4v) is 3.07. The zero-order valence-electron chi connectivity index (χ0n) is 12.1. The minimum atomic E-state index is 0.00402. The van der Waals surface area contributed by atoms with Gasteiger partial charge in [0.05, 0.1) is 18.9 Å². The zero-order chi connectivity index (χ0) is 14.4. The highest BCUT2D eigenvalue weighted by atomic mass is 35.5. The van der Waals surface area contributed by atoms with E-state index in [1.165, 1.54) is 19.3 Å². The Balaban J connectivity index is 2.06. The SMILES string of the molecule is CCOc1ccc(Cl)cc1NCC1(CO)CCCCC1. The van der Waals surface area contributed by atoms with Gasteiger partial charge in [-0.1, -0.05) is 30.9 Å². The first-order valence-electron chi connectivity index (χ1n) is 7.46. The molecule has 1 aliphatic carbocycles. The van der Waals surface area contributed by atoms with Crippen molar-refractivity contribution in [3.8, 4) is 5.75 Å². The monoisotopic (exact) mass is 297 g/mol. The van der Waals surface area contributed by atoms with Crippen LogP contribution in [0.4, 0.5) is 5.69 Å². The van der Waals surface area contributed by atoms with Crippen LogP contribution in [0.15, 0.2) is 18.2 Å². The van der Waals surface area contributed by atoms with Gasteiger partial charge in [-0.3, -0.25) is 0 Å². The van der Waals surface area contributed by atoms with E-state index >= 15 is 0 Å². The van der Waals surface area contributed by atoms with Crippen molar-refractivity contribution in [3.63, 3.8) is 0 Å². The molecular weight excluding hydrogens is 274 g/mol. The molecule has 2 rings (SSSR count). The van der Waals surface area contributed by atoms with Crippen LogP contribution in [0, 0.1) is 5.41 Å². The van der Waals surface area contributed by atoms with Crippen LogP contribution < -0.4 is 10.1 Å². The minimum Gasteiger partial charge on any atom is -0.492 e. The molecule has 0 heterocycles. The Hall–Kier alpha value is -0.930. The molecule has 0 unspecified atom stereocenters. The summed E-state index contributed by atoms with van der Waals surface area (Å²) in [5.74, 6) is 0.820. The number of halogens is 1. The van der Waals surface area contributed by atoms with E-state index in [0.717, 1.165) is 30.8 Å². The predicted molar refractivity (Wildman–Crippen MR) is 83.7 cm³/mol. The number of aliphatic hydroxyl groups is 1. The van der Waals surface area contributed by atoms with Crippen molar-refractivity contribution in [2.45, 2.75) is 39.0 Å². The van der Waals surface area contributed by atoms with Crippen molar-refractivity contribution < 1.29 is 9.84 Å². The molecule has 4 heteroatoms. The molecule has 0 aliphatic heterocycles. The molecule has 1 aliphatic rings. The average Bonchev–Trinajstić information content (AvgIpc) is 2.49. The molecule has 0 saturated heterocycles. The van der Waals surface area contributed by atoms with Crippen LogP contribution in [0.25, 0.3) is 0 Å². The van der Waals surface area contributed by atoms with Crippen molar-refractivity contribution in [3.05, 3.63) is 23.2 Å². The highest BCUT2D eigenvalue weighted by molar-refractivity contribution is 6.30. The fourth-order valence-electron chi connectivity index (χ4n) is 2.90. The summed E-state index contributed by atoms with van der Waals surface area (Å²) in [6.07, 6.45) is 5.86. The summed E-state index contributed by atoms with van der Waals surface area (Å²) in [6.45, 7) is 3.60. The van der Waals surface area contributed by atoms with E-state index in [2.05, 4.69) is 5.32 Å². The normalized spacial score (nSPS) is 17.8. The third kappa shape index (κ3) is 3.80. The number of benzene rings is 1. The van der Waals surface area contributed by atoms with E-state index in [1.54, 1.807) is 0 Å². The smallest absolute Gasteiger partial charge is 0.142 e. The van der Waals surface area contributed by atoms with Gasteiger partial charge in [-0.2, -0.15) is 0 Å². The van der Waals surface area contributed by atoms with Gasteiger partial charge >= 0.3 is 0 Å². The number of hydrogen-bond donors (Lipinski definition) is 2. The summed E-state index contributed by atoms with van der Waals surface area (Å²) >= 11 is 6.06. The molecule has 2 N–H and O–H groups in total. The lowest BCUT2D eigenvalue weighted by Gasteiger charge is -2.36. The van der Waals surface area contributed by atoms with Crippen molar-refractivity contribution in [2.75, 3.05) is 25.1 Å². The largest absolute Gasteiger partial charge is 0.492 e. The number of nitrogens with one attached hydrogen (secondary N) is 1. The maximum atomic E-state index is 9.75. The lowest BCUT2D eigenvalue weighted by molar-refractivity contribution is 0.0943. The van der Waals surface area contributed by atoms with E-state index in [0.29, 0.717) is 11.6 Å². The Kier molecular flexibility index (Phi) is 5.55. The Bertz CT molecular complexity index is 430. The average molecular weight is 298 g/mol. The molecule has 0 spiro atoms. The van der Waals surface area contributed by atoms with Crippen molar-refractivity contribution in [2.24, 2.45) is 5.41 Å². The van der Waals surface area contributed by atoms with Crippen molar-refractivity contribution in [1.82, 2.24) is 0 Å². The van der Waals surface area contributed by atoms with Gasteiger partial charge in [-0.25, -0.2) is 0 Å². The zero-order valence-corrected chi connectivity index (χ0v) is 12.9. The van der Waals surface area contributed by atoms with E-state index in [1.807, 2.05) is 25.1 Å². The second-order valence-electron chi connectivity index (χ2n) is 5.65. The van der Waals surface area contributed by atoms with E-state index in [-0.39, 0.29) is 12.0 Å². The Morgan fingerprint density at radius 2 is 2.05 bits per heavy atom. The molecule has 112 valence electrons.